The van der Waals surface area contributed by atoms with Crippen molar-refractivity contribution in [1.82, 2.24) is 14.9 Å². The lowest BCUT2D eigenvalue weighted by atomic mass is 10.0. The van der Waals surface area contributed by atoms with E-state index in [0.717, 1.165) is 31.0 Å². The monoisotopic (exact) mass is 479 g/mol. The number of benzene rings is 2. The molecule has 10 heteroatoms. The second-order valence-electron chi connectivity index (χ2n) is 8.26. The first-order valence-electron chi connectivity index (χ1n) is 10.7. The second-order valence-corrected chi connectivity index (χ2v) is 10.2. The third kappa shape index (κ3) is 5.75. The standard InChI is InChI=1S/C23H27F2N3O4S/c1-15(2)21(27-22(29)20-18(24)6-5-7-19(20)25)23(30)26-14-16-8-10-17(11-9-16)33(31,32)28-12-3-4-13-28/h5-11,15,21H,3-4,12-14H2,1-2H3,(H,26,30)(H,27,29)/t21-/m0/s1. The molecular formula is C23H27F2N3O4S. The fourth-order valence-electron chi connectivity index (χ4n) is 3.62. The number of halogens is 2. The molecule has 7 nitrogen and oxygen atoms in total. The summed E-state index contributed by atoms with van der Waals surface area (Å²) < 4.78 is 54.5. The Balaban J connectivity index is 1.63. The highest BCUT2D eigenvalue weighted by Gasteiger charge is 2.28. The summed E-state index contributed by atoms with van der Waals surface area (Å²) in [5.74, 6) is -3.92. The van der Waals surface area contributed by atoms with Gasteiger partial charge >= 0.3 is 0 Å². The Morgan fingerprint density at radius 3 is 2.12 bits per heavy atom. The van der Waals surface area contributed by atoms with Gasteiger partial charge in [0.1, 0.15) is 23.2 Å². The summed E-state index contributed by atoms with van der Waals surface area (Å²) in [4.78, 5) is 25.3. The molecule has 2 N–H and O–H groups in total. The van der Waals surface area contributed by atoms with Crippen LogP contribution in [0.1, 0.15) is 42.6 Å². The van der Waals surface area contributed by atoms with Gasteiger partial charge in [-0.2, -0.15) is 4.31 Å². The number of carbonyl (C=O) groups excluding carboxylic acids is 2. The highest BCUT2D eigenvalue weighted by Crippen LogP contribution is 2.21. The maximum absolute atomic E-state index is 13.9. The number of nitrogens with one attached hydrogen (secondary N) is 2. The number of amides is 2. The molecular weight excluding hydrogens is 452 g/mol. The fraction of sp³-hybridized carbons (Fsp3) is 0.391. The van der Waals surface area contributed by atoms with Crippen LogP contribution in [0.2, 0.25) is 0 Å². The Labute approximate surface area is 192 Å². The first-order valence-corrected chi connectivity index (χ1v) is 12.2. The Morgan fingerprint density at radius 1 is 1.00 bits per heavy atom. The van der Waals surface area contributed by atoms with E-state index in [4.69, 9.17) is 0 Å². The first kappa shape index (κ1) is 24.8. The number of carbonyl (C=O) groups is 2. The predicted octanol–water partition coefficient (Wildman–Crippen LogP) is 2.82. The van der Waals surface area contributed by atoms with Crippen molar-refractivity contribution >= 4 is 21.8 Å². The van der Waals surface area contributed by atoms with Crippen molar-refractivity contribution in [3.63, 3.8) is 0 Å². The van der Waals surface area contributed by atoms with Crippen LogP contribution in [0, 0.1) is 17.6 Å². The van der Waals surface area contributed by atoms with E-state index >= 15 is 0 Å². The van der Waals surface area contributed by atoms with Crippen LogP contribution in [0.3, 0.4) is 0 Å². The van der Waals surface area contributed by atoms with Crippen molar-refractivity contribution in [3.05, 3.63) is 65.2 Å². The van der Waals surface area contributed by atoms with E-state index in [1.54, 1.807) is 26.0 Å². The predicted molar refractivity (Wildman–Crippen MR) is 119 cm³/mol. The van der Waals surface area contributed by atoms with Gasteiger partial charge in [-0.3, -0.25) is 9.59 Å². The molecule has 2 aromatic carbocycles. The van der Waals surface area contributed by atoms with Gasteiger partial charge in [0.25, 0.3) is 5.91 Å². The van der Waals surface area contributed by atoms with Crippen molar-refractivity contribution in [2.24, 2.45) is 5.92 Å². The molecule has 0 bridgehead atoms. The largest absolute Gasteiger partial charge is 0.350 e. The Hall–Kier alpha value is -2.85. The Bertz CT molecular complexity index is 1090. The Kier molecular flexibility index (Phi) is 7.80. The maximum Gasteiger partial charge on any atom is 0.257 e. The van der Waals surface area contributed by atoms with Crippen LogP contribution in [0.15, 0.2) is 47.4 Å². The van der Waals surface area contributed by atoms with E-state index in [1.807, 2.05) is 0 Å². The minimum atomic E-state index is -3.52. The van der Waals surface area contributed by atoms with Gasteiger partial charge in [0.15, 0.2) is 0 Å². The van der Waals surface area contributed by atoms with E-state index in [2.05, 4.69) is 10.6 Å². The van der Waals surface area contributed by atoms with Gasteiger partial charge in [0, 0.05) is 19.6 Å². The molecule has 1 aliphatic heterocycles. The van der Waals surface area contributed by atoms with E-state index < -0.39 is 45.1 Å². The zero-order chi connectivity index (χ0) is 24.2. The number of sulfonamides is 1. The second kappa shape index (κ2) is 10.4. The summed E-state index contributed by atoms with van der Waals surface area (Å²) in [6.07, 6.45) is 1.70. The maximum atomic E-state index is 13.9. The molecule has 3 rings (SSSR count). The van der Waals surface area contributed by atoms with Crippen molar-refractivity contribution < 1.29 is 26.8 Å². The van der Waals surface area contributed by atoms with Crippen LogP contribution in [0.25, 0.3) is 0 Å². The number of rotatable bonds is 8. The molecule has 1 heterocycles. The normalized spacial score (nSPS) is 15.4. The molecule has 178 valence electrons. The van der Waals surface area contributed by atoms with Crippen LogP contribution in [0.4, 0.5) is 8.78 Å². The molecule has 1 saturated heterocycles. The van der Waals surface area contributed by atoms with E-state index in [1.165, 1.54) is 16.4 Å². The van der Waals surface area contributed by atoms with Gasteiger partial charge in [0.05, 0.1) is 4.90 Å². The quantitative estimate of drug-likeness (QED) is 0.609. The lowest BCUT2D eigenvalue weighted by Crippen LogP contribution is -2.49. The minimum Gasteiger partial charge on any atom is -0.350 e. The summed E-state index contributed by atoms with van der Waals surface area (Å²) in [5, 5.41) is 5.07. The molecule has 0 spiro atoms. The number of hydrogen-bond acceptors (Lipinski definition) is 4. The summed E-state index contributed by atoms with van der Waals surface area (Å²) in [6.45, 7) is 4.51. The van der Waals surface area contributed by atoms with Gasteiger partial charge < -0.3 is 10.6 Å². The van der Waals surface area contributed by atoms with Crippen molar-refractivity contribution in [2.75, 3.05) is 13.1 Å². The molecule has 1 atom stereocenters. The molecule has 0 saturated carbocycles. The van der Waals surface area contributed by atoms with Crippen LogP contribution < -0.4 is 10.6 Å². The summed E-state index contributed by atoms with van der Waals surface area (Å²) in [7, 11) is -3.52. The third-order valence-corrected chi connectivity index (χ3v) is 7.43. The number of nitrogens with zero attached hydrogens (tertiary/aromatic N) is 1. The molecule has 0 aliphatic carbocycles. The third-order valence-electron chi connectivity index (χ3n) is 5.52. The molecule has 0 radical (unpaired) electrons. The van der Waals surface area contributed by atoms with Crippen LogP contribution in [-0.4, -0.2) is 43.7 Å². The molecule has 2 amide bonds. The minimum absolute atomic E-state index is 0.0933. The van der Waals surface area contributed by atoms with Crippen molar-refractivity contribution in [3.8, 4) is 0 Å². The average molecular weight is 480 g/mol. The molecule has 1 aliphatic rings. The summed E-state index contributed by atoms with van der Waals surface area (Å²) >= 11 is 0. The highest BCUT2D eigenvalue weighted by molar-refractivity contribution is 7.89. The molecule has 2 aromatic rings. The van der Waals surface area contributed by atoms with E-state index in [-0.39, 0.29) is 17.4 Å². The van der Waals surface area contributed by atoms with Gasteiger partial charge in [-0.15, -0.1) is 0 Å². The van der Waals surface area contributed by atoms with Crippen molar-refractivity contribution in [1.29, 1.82) is 0 Å². The summed E-state index contributed by atoms with van der Waals surface area (Å²) in [6, 6.07) is 8.28. The first-order chi connectivity index (χ1) is 15.6. The molecule has 0 unspecified atom stereocenters. The lowest BCUT2D eigenvalue weighted by Gasteiger charge is -2.22. The Morgan fingerprint density at radius 2 is 1.58 bits per heavy atom. The lowest BCUT2D eigenvalue weighted by molar-refractivity contribution is -0.124. The molecule has 0 aromatic heterocycles. The topological polar surface area (TPSA) is 95.6 Å². The zero-order valence-electron chi connectivity index (χ0n) is 18.5. The summed E-state index contributed by atoms with van der Waals surface area (Å²) in [5.41, 5.74) is -0.0801. The van der Waals surface area contributed by atoms with Crippen LogP contribution in [0.5, 0.6) is 0 Å². The molecule has 1 fully saturated rings. The number of hydrogen-bond donors (Lipinski definition) is 2. The SMILES string of the molecule is CC(C)[C@H](NC(=O)c1c(F)cccc1F)C(=O)NCc1ccc(S(=O)(=O)N2CCCC2)cc1. The van der Waals surface area contributed by atoms with Gasteiger partial charge in [-0.25, -0.2) is 17.2 Å². The van der Waals surface area contributed by atoms with Gasteiger partial charge in [0.2, 0.25) is 15.9 Å². The van der Waals surface area contributed by atoms with Crippen LogP contribution in [-0.2, 0) is 21.4 Å². The van der Waals surface area contributed by atoms with Gasteiger partial charge in [-0.1, -0.05) is 32.0 Å². The zero-order valence-corrected chi connectivity index (χ0v) is 19.3. The van der Waals surface area contributed by atoms with Gasteiger partial charge in [-0.05, 0) is 48.6 Å². The van der Waals surface area contributed by atoms with Crippen LogP contribution >= 0.6 is 0 Å². The van der Waals surface area contributed by atoms with E-state index in [0.29, 0.717) is 18.7 Å². The van der Waals surface area contributed by atoms with Crippen molar-refractivity contribution in [2.45, 2.75) is 44.2 Å². The van der Waals surface area contributed by atoms with E-state index in [9.17, 15) is 26.8 Å². The highest BCUT2D eigenvalue weighted by atomic mass is 32.2. The average Bonchev–Trinajstić information content (AvgIpc) is 3.32. The molecule has 33 heavy (non-hydrogen) atoms. The fourth-order valence-corrected chi connectivity index (χ4v) is 5.14. The smallest absolute Gasteiger partial charge is 0.257 e.